The van der Waals surface area contributed by atoms with Gasteiger partial charge in [-0.15, -0.1) is 0 Å². The topological polar surface area (TPSA) is 35.1 Å². The molecule has 3 unspecified atom stereocenters. The van der Waals surface area contributed by atoms with Crippen molar-refractivity contribution in [3.63, 3.8) is 0 Å². The van der Waals surface area contributed by atoms with Gasteiger partial charge in [-0.05, 0) is 36.6 Å². The summed E-state index contributed by atoms with van der Waals surface area (Å²) in [6.07, 6.45) is 2.83. The zero-order valence-electron chi connectivity index (χ0n) is 11.6. The Hall–Kier alpha value is -0.580. The average molecular weight is 283 g/mol. The van der Waals surface area contributed by atoms with Gasteiger partial charge in [0.1, 0.15) is 16.8 Å². The fourth-order valence-corrected chi connectivity index (χ4v) is 4.28. The molecule has 106 valence electrons. The Morgan fingerprint density at radius 3 is 2.95 bits per heavy atom. The van der Waals surface area contributed by atoms with Crippen molar-refractivity contribution in [1.82, 2.24) is 5.32 Å². The van der Waals surface area contributed by atoms with Crippen LogP contribution in [0.5, 0.6) is 0 Å². The zero-order chi connectivity index (χ0) is 13.8. The first kappa shape index (κ1) is 14.8. The van der Waals surface area contributed by atoms with Gasteiger partial charge in [-0.3, -0.25) is 0 Å². The second-order valence-corrected chi connectivity index (χ2v) is 7.08. The Bertz CT molecular complexity index is 427. The fourth-order valence-electron chi connectivity index (χ4n) is 2.76. The highest BCUT2D eigenvalue weighted by molar-refractivity contribution is 7.92. The highest BCUT2D eigenvalue weighted by atomic mass is 32.2. The molecule has 0 bridgehead atoms. The minimum absolute atomic E-state index is 0.192. The molecule has 1 fully saturated rings. The van der Waals surface area contributed by atoms with Crippen molar-refractivity contribution in [3.8, 4) is 0 Å². The Balaban J connectivity index is 2.08. The summed E-state index contributed by atoms with van der Waals surface area (Å²) in [6, 6.07) is 5.15. The second-order valence-electron chi connectivity index (χ2n) is 5.24. The number of benzene rings is 1. The minimum Gasteiger partial charge on any atom is -0.616 e. The lowest BCUT2D eigenvalue weighted by atomic mass is 9.94. The number of piperidine rings is 1. The van der Waals surface area contributed by atoms with Crippen LogP contribution in [0.15, 0.2) is 18.2 Å². The van der Waals surface area contributed by atoms with Gasteiger partial charge in [-0.2, -0.15) is 0 Å². The standard InChI is InChI=1S/C15H22FNOS/c1-3-8-19(18)13-6-7-17-15(10-13)14-5-4-12(16)9-11(14)2/h4-5,9,13,15,17H,3,6-8,10H2,1-2H3. The molecule has 0 amide bonds. The third-order valence-electron chi connectivity index (χ3n) is 3.74. The quantitative estimate of drug-likeness (QED) is 0.862. The van der Waals surface area contributed by atoms with Crippen molar-refractivity contribution < 1.29 is 8.94 Å². The third-order valence-corrected chi connectivity index (χ3v) is 5.72. The maximum Gasteiger partial charge on any atom is 0.123 e. The number of rotatable bonds is 4. The molecule has 4 heteroatoms. The zero-order valence-corrected chi connectivity index (χ0v) is 12.4. The van der Waals surface area contributed by atoms with Crippen LogP contribution >= 0.6 is 0 Å². The summed E-state index contributed by atoms with van der Waals surface area (Å²) in [4.78, 5) is 0. The van der Waals surface area contributed by atoms with Crippen LogP contribution in [0, 0.1) is 12.7 Å². The van der Waals surface area contributed by atoms with Gasteiger partial charge >= 0.3 is 0 Å². The van der Waals surface area contributed by atoms with E-state index in [1.54, 1.807) is 6.07 Å². The summed E-state index contributed by atoms with van der Waals surface area (Å²) >= 11 is -0.726. The van der Waals surface area contributed by atoms with E-state index in [0.717, 1.165) is 42.7 Å². The molecule has 3 atom stereocenters. The van der Waals surface area contributed by atoms with E-state index in [4.69, 9.17) is 0 Å². The van der Waals surface area contributed by atoms with Crippen LogP contribution in [0.25, 0.3) is 0 Å². The number of hydrogen-bond acceptors (Lipinski definition) is 2. The van der Waals surface area contributed by atoms with Gasteiger partial charge in [0.25, 0.3) is 0 Å². The lowest BCUT2D eigenvalue weighted by Crippen LogP contribution is -2.39. The van der Waals surface area contributed by atoms with Crippen LogP contribution in [0.4, 0.5) is 4.39 Å². The largest absolute Gasteiger partial charge is 0.616 e. The van der Waals surface area contributed by atoms with Crippen molar-refractivity contribution in [2.75, 3.05) is 12.3 Å². The smallest absolute Gasteiger partial charge is 0.123 e. The van der Waals surface area contributed by atoms with Gasteiger partial charge in [0.2, 0.25) is 0 Å². The van der Waals surface area contributed by atoms with E-state index in [9.17, 15) is 8.94 Å². The van der Waals surface area contributed by atoms with Crippen LogP contribution in [-0.2, 0) is 11.2 Å². The van der Waals surface area contributed by atoms with E-state index in [-0.39, 0.29) is 17.1 Å². The van der Waals surface area contributed by atoms with Crippen molar-refractivity contribution in [2.24, 2.45) is 0 Å². The molecule has 0 aromatic heterocycles. The molecule has 0 aliphatic carbocycles. The molecule has 1 N–H and O–H groups in total. The second kappa shape index (κ2) is 6.73. The fraction of sp³-hybridized carbons (Fsp3) is 0.600. The highest BCUT2D eigenvalue weighted by Crippen LogP contribution is 2.29. The molecule has 1 aliphatic rings. The van der Waals surface area contributed by atoms with Gasteiger partial charge in [-0.25, -0.2) is 4.39 Å². The highest BCUT2D eigenvalue weighted by Gasteiger charge is 2.30. The summed E-state index contributed by atoms with van der Waals surface area (Å²) in [5, 5.41) is 3.74. The molecular formula is C15H22FNOS. The van der Waals surface area contributed by atoms with E-state index in [2.05, 4.69) is 12.2 Å². The van der Waals surface area contributed by atoms with Gasteiger partial charge in [-0.1, -0.05) is 24.2 Å². The molecule has 2 rings (SSSR count). The number of hydrogen-bond donors (Lipinski definition) is 1. The van der Waals surface area contributed by atoms with Crippen LogP contribution in [0.3, 0.4) is 0 Å². The molecule has 19 heavy (non-hydrogen) atoms. The maximum atomic E-state index is 13.2. The SMILES string of the molecule is CCC[S+]([O-])C1CCNC(c2ccc(F)cc2C)C1. The molecule has 1 aromatic carbocycles. The average Bonchev–Trinajstić information content (AvgIpc) is 2.39. The van der Waals surface area contributed by atoms with Crippen LogP contribution in [0.2, 0.25) is 0 Å². The van der Waals surface area contributed by atoms with E-state index in [1.165, 1.54) is 6.07 Å². The Morgan fingerprint density at radius 1 is 1.47 bits per heavy atom. The molecule has 1 saturated heterocycles. The molecular weight excluding hydrogens is 261 g/mol. The summed E-state index contributed by atoms with van der Waals surface area (Å²) in [6.45, 7) is 4.90. The summed E-state index contributed by atoms with van der Waals surface area (Å²) in [5.41, 5.74) is 2.11. The summed E-state index contributed by atoms with van der Waals surface area (Å²) < 4.78 is 25.3. The molecule has 1 heterocycles. The van der Waals surface area contributed by atoms with Crippen molar-refractivity contribution in [2.45, 2.75) is 44.4 Å². The van der Waals surface area contributed by atoms with Gasteiger partial charge in [0.05, 0.1) is 0 Å². The van der Waals surface area contributed by atoms with E-state index in [1.807, 2.05) is 13.0 Å². The molecule has 2 nitrogen and oxygen atoms in total. The maximum absolute atomic E-state index is 13.2. The first-order chi connectivity index (χ1) is 9.11. The number of nitrogens with one attached hydrogen (secondary N) is 1. The van der Waals surface area contributed by atoms with Gasteiger partial charge < -0.3 is 9.87 Å². The predicted octanol–water partition coefficient (Wildman–Crippen LogP) is 3.09. The van der Waals surface area contributed by atoms with E-state index < -0.39 is 11.2 Å². The summed E-state index contributed by atoms with van der Waals surface area (Å²) in [7, 11) is 0. The van der Waals surface area contributed by atoms with Crippen molar-refractivity contribution >= 4 is 11.2 Å². The summed E-state index contributed by atoms with van der Waals surface area (Å²) in [5.74, 6) is 0.600. The minimum atomic E-state index is -0.726. The normalized spacial score (nSPS) is 25.3. The van der Waals surface area contributed by atoms with Crippen molar-refractivity contribution in [3.05, 3.63) is 35.1 Å². The molecule has 1 aromatic rings. The number of aryl methyl sites for hydroxylation is 1. The molecule has 0 radical (unpaired) electrons. The Labute approximate surface area is 118 Å². The van der Waals surface area contributed by atoms with Crippen LogP contribution < -0.4 is 5.32 Å². The van der Waals surface area contributed by atoms with Crippen LogP contribution in [-0.4, -0.2) is 22.1 Å². The van der Waals surface area contributed by atoms with Crippen molar-refractivity contribution in [1.29, 1.82) is 0 Å². The van der Waals surface area contributed by atoms with E-state index in [0.29, 0.717) is 0 Å². The first-order valence-corrected chi connectivity index (χ1v) is 8.36. The lowest BCUT2D eigenvalue weighted by Gasteiger charge is -2.32. The van der Waals surface area contributed by atoms with E-state index >= 15 is 0 Å². The van der Waals surface area contributed by atoms with Gasteiger partial charge in [0, 0.05) is 25.4 Å². The molecule has 1 aliphatic heterocycles. The Morgan fingerprint density at radius 2 is 2.26 bits per heavy atom. The monoisotopic (exact) mass is 283 g/mol. The van der Waals surface area contributed by atoms with Gasteiger partial charge in [0.15, 0.2) is 0 Å². The lowest BCUT2D eigenvalue weighted by molar-refractivity contribution is 0.405. The third kappa shape index (κ3) is 3.71. The molecule has 0 spiro atoms. The van der Waals surface area contributed by atoms with Crippen LogP contribution in [0.1, 0.15) is 43.4 Å². The molecule has 0 saturated carbocycles. The predicted molar refractivity (Wildman–Crippen MR) is 78.2 cm³/mol. The number of halogens is 1. The first-order valence-electron chi connectivity index (χ1n) is 6.98. The Kier molecular flexibility index (Phi) is 5.25.